The fourth-order valence-electron chi connectivity index (χ4n) is 3.04. The van der Waals surface area contributed by atoms with Gasteiger partial charge in [0.2, 0.25) is 15.9 Å². The van der Waals surface area contributed by atoms with Gasteiger partial charge in [0.05, 0.1) is 25.1 Å². The van der Waals surface area contributed by atoms with E-state index in [9.17, 15) is 13.2 Å². The summed E-state index contributed by atoms with van der Waals surface area (Å²) in [6, 6.07) is 11.4. The van der Waals surface area contributed by atoms with Crippen LogP contribution in [0, 0.1) is 13.8 Å². The van der Waals surface area contributed by atoms with Crippen molar-refractivity contribution in [2.24, 2.45) is 0 Å². The quantitative estimate of drug-likeness (QED) is 0.656. The monoisotopic (exact) mass is 434 g/mol. The van der Waals surface area contributed by atoms with Gasteiger partial charge in [0, 0.05) is 0 Å². The average molecular weight is 435 g/mol. The second-order valence-corrected chi connectivity index (χ2v) is 9.28. The minimum absolute atomic E-state index is 0.243. The number of amides is 1. The Morgan fingerprint density at radius 2 is 1.67 bits per heavy atom. The molecule has 0 unspecified atom stereocenters. The Bertz CT molecular complexity index is 974. The lowest BCUT2D eigenvalue weighted by atomic mass is 10.1. The number of hydrogen-bond acceptors (Lipinski definition) is 5. The fraction of sp³-hybridized carbons (Fsp3) is 0.409. The van der Waals surface area contributed by atoms with Crippen LogP contribution in [0.2, 0.25) is 0 Å². The lowest BCUT2D eigenvalue weighted by Crippen LogP contribution is -2.51. The molecule has 0 heterocycles. The van der Waals surface area contributed by atoms with Gasteiger partial charge < -0.3 is 14.8 Å². The van der Waals surface area contributed by atoms with Crippen LogP contribution in [0.4, 0.5) is 5.69 Å². The molecule has 2 aromatic carbocycles. The summed E-state index contributed by atoms with van der Waals surface area (Å²) in [6.07, 6.45) is 1.11. The first-order valence-corrected chi connectivity index (χ1v) is 11.5. The van der Waals surface area contributed by atoms with E-state index in [0.29, 0.717) is 11.4 Å². The summed E-state index contributed by atoms with van der Waals surface area (Å²) in [4.78, 5) is 12.8. The summed E-state index contributed by atoms with van der Waals surface area (Å²) >= 11 is 0. The molecule has 0 saturated heterocycles. The highest BCUT2D eigenvalue weighted by molar-refractivity contribution is 7.92. The van der Waals surface area contributed by atoms with Crippen molar-refractivity contribution in [3.8, 4) is 11.5 Å². The molecule has 0 bridgehead atoms. The number of methoxy groups -OCH3 is 1. The van der Waals surface area contributed by atoms with Gasteiger partial charge in [0.25, 0.3) is 0 Å². The maximum absolute atomic E-state index is 12.8. The van der Waals surface area contributed by atoms with E-state index in [-0.39, 0.29) is 12.6 Å². The lowest BCUT2D eigenvalue weighted by molar-refractivity contribution is -0.122. The van der Waals surface area contributed by atoms with Crippen molar-refractivity contribution in [2.75, 3.05) is 24.3 Å². The Morgan fingerprint density at radius 1 is 1.07 bits per heavy atom. The van der Waals surface area contributed by atoms with Crippen LogP contribution in [0.1, 0.15) is 25.0 Å². The summed E-state index contributed by atoms with van der Waals surface area (Å²) in [5.74, 6) is 0.982. The van der Waals surface area contributed by atoms with Gasteiger partial charge in [-0.15, -0.1) is 0 Å². The molecule has 0 aliphatic carbocycles. The first-order valence-electron chi connectivity index (χ1n) is 9.66. The van der Waals surface area contributed by atoms with Crippen molar-refractivity contribution in [2.45, 2.75) is 39.8 Å². The van der Waals surface area contributed by atoms with Crippen molar-refractivity contribution in [1.82, 2.24) is 5.32 Å². The van der Waals surface area contributed by atoms with E-state index < -0.39 is 22.0 Å². The van der Waals surface area contributed by atoms with Crippen LogP contribution in [-0.4, -0.2) is 46.4 Å². The number of carbonyl (C=O) groups is 1. The van der Waals surface area contributed by atoms with Gasteiger partial charge in [0.15, 0.2) is 0 Å². The van der Waals surface area contributed by atoms with E-state index in [1.807, 2.05) is 26.0 Å². The zero-order chi connectivity index (χ0) is 22.5. The molecule has 164 valence electrons. The van der Waals surface area contributed by atoms with Crippen LogP contribution in [-0.2, 0) is 14.8 Å². The largest absolute Gasteiger partial charge is 0.497 e. The second kappa shape index (κ2) is 9.84. The molecule has 1 N–H and O–H groups in total. The van der Waals surface area contributed by atoms with E-state index in [2.05, 4.69) is 5.32 Å². The molecule has 0 spiro atoms. The van der Waals surface area contributed by atoms with Crippen molar-refractivity contribution in [3.63, 3.8) is 0 Å². The number of benzene rings is 2. The van der Waals surface area contributed by atoms with Crippen LogP contribution in [0.3, 0.4) is 0 Å². The predicted octanol–water partition coefficient (Wildman–Crippen LogP) is 3.05. The first-order chi connectivity index (χ1) is 14.0. The number of nitrogens with one attached hydrogen (secondary N) is 1. The van der Waals surface area contributed by atoms with Crippen molar-refractivity contribution < 1.29 is 22.7 Å². The first kappa shape index (κ1) is 23.5. The van der Waals surface area contributed by atoms with Gasteiger partial charge in [-0.1, -0.05) is 12.1 Å². The second-order valence-electron chi connectivity index (χ2n) is 7.42. The normalized spacial score (nSPS) is 13.3. The van der Waals surface area contributed by atoms with Crippen molar-refractivity contribution >= 4 is 21.6 Å². The molecule has 0 saturated carbocycles. The molecular weight excluding hydrogens is 404 g/mol. The minimum atomic E-state index is -3.67. The number of ether oxygens (including phenoxy) is 2. The Balaban J connectivity index is 2.08. The van der Waals surface area contributed by atoms with Gasteiger partial charge >= 0.3 is 0 Å². The molecule has 1 amide bonds. The molecule has 0 radical (unpaired) electrons. The molecule has 30 heavy (non-hydrogen) atoms. The number of nitrogens with zero attached hydrogens (tertiary/aromatic N) is 1. The Morgan fingerprint density at radius 3 is 2.23 bits per heavy atom. The standard InChI is InChI=1S/C22H30N2O5S/c1-15-7-8-16(2)21(13-15)24(30(6,26)27)18(4)22(25)23-17(3)14-29-20-11-9-19(28-5)10-12-20/h7-13,17-18H,14H2,1-6H3,(H,23,25)/t17-,18+/m0/s1. The maximum atomic E-state index is 12.8. The number of aryl methyl sites for hydroxylation is 2. The molecule has 0 aliphatic rings. The summed E-state index contributed by atoms with van der Waals surface area (Å²) in [7, 11) is -2.08. The minimum Gasteiger partial charge on any atom is -0.497 e. The third kappa shape index (κ3) is 6.13. The zero-order valence-corrected chi connectivity index (χ0v) is 19.1. The summed E-state index contributed by atoms with van der Waals surface area (Å²) in [6.45, 7) is 7.33. The highest BCUT2D eigenvalue weighted by Gasteiger charge is 2.30. The number of anilines is 1. The van der Waals surface area contributed by atoms with Crippen molar-refractivity contribution in [1.29, 1.82) is 0 Å². The lowest BCUT2D eigenvalue weighted by Gasteiger charge is -2.30. The molecule has 2 aromatic rings. The van der Waals surface area contributed by atoms with Crippen LogP contribution in [0.25, 0.3) is 0 Å². The maximum Gasteiger partial charge on any atom is 0.243 e. The van der Waals surface area contributed by atoms with Gasteiger partial charge in [-0.2, -0.15) is 0 Å². The Labute approximate surface area is 179 Å². The fourth-order valence-corrected chi connectivity index (χ4v) is 4.26. The molecule has 0 aromatic heterocycles. The SMILES string of the molecule is COc1ccc(OC[C@H](C)NC(=O)[C@@H](C)N(c2cc(C)ccc2C)S(C)(=O)=O)cc1. The predicted molar refractivity (Wildman–Crippen MR) is 119 cm³/mol. The smallest absolute Gasteiger partial charge is 0.243 e. The van der Waals surface area contributed by atoms with E-state index in [1.54, 1.807) is 51.3 Å². The number of rotatable bonds is 9. The van der Waals surface area contributed by atoms with Crippen LogP contribution >= 0.6 is 0 Å². The zero-order valence-electron chi connectivity index (χ0n) is 18.3. The van der Waals surface area contributed by atoms with Crippen LogP contribution in [0.15, 0.2) is 42.5 Å². The highest BCUT2D eigenvalue weighted by Crippen LogP contribution is 2.26. The number of carbonyl (C=O) groups excluding carboxylic acids is 1. The van der Waals surface area contributed by atoms with Crippen LogP contribution < -0.4 is 19.1 Å². The third-order valence-corrected chi connectivity index (χ3v) is 5.87. The molecular formula is C22H30N2O5S. The Kier molecular flexibility index (Phi) is 7.72. The Hall–Kier alpha value is -2.74. The molecule has 0 aliphatic heterocycles. The summed E-state index contributed by atoms with van der Waals surface area (Å²) in [5.41, 5.74) is 2.20. The molecule has 0 fully saturated rings. The number of sulfonamides is 1. The van der Waals surface area contributed by atoms with E-state index >= 15 is 0 Å². The van der Waals surface area contributed by atoms with E-state index in [4.69, 9.17) is 9.47 Å². The molecule has 7 nitrogen and oxygen atoms in total. The summed E-state index contributed by atoms with van der Waals surface area (Å²) < 4.78 is 37.0. The molecule has 8 heteroatoms. The van der Waals surface area contributed by atoms with E-state index in [0.717, 1.165) is 23.1 Å². The summed E-state index contributed by atoms with van der Waals surface area (Å²) in [5, 5.41) is 2.83. The van der Waals surface area contributed by atoms with Gasteiger partial charge in [-0.05, 0) is 69.2 Å². The van der Waals surface area contributed by atoms with Crippen LogP contribution in [0.5, 0.6) is 11.5 Å². The van der Waals surface area contributed by atoms with E-state index in [1.165, 1.54) is 4.31 Å². The van der Waals surface area contributed by atoms with Crippen molar-refractivity contribution in [3.05, 3.63) is 53.6 Å². The third-order valence-electron chi connectivity index (χ3n) is 4.64. The average Bonchev–Trinajstić information content (AvgIpc) is 2.68. The topological polar surface area (TPSA) is 84.9 Å². The van der Waals surface area contributed by atoms with Gasteiger partial charge in [0.1, 0.15) is 24.1 Å². The number of hydrogen-bond donors (Lipinski definition) is 1. The van der Waals surface area contributed by atoms with Gasteiger partial charge in [-0.3, -0.25) is 9.10 Å². The highest BCUT2D eigenvalue weighted by atomic mass is 32.2. The van der Waals surface area contributed by atoms with Gasteiger partial charge in [-0.25, -0.2) is 8.42 Å². The molecule has 2 rings (SSSR count). The molecule has 2 atom stereocenters.